The first-order chi connectivity index (χ1) is 9.11. The van der Waals surface area contributed by atoms with Gasteiger partial charge in [-0.1, -0.05) is 40.2 Å². The number of ether oxygens (including phenoxy) is 1. The monoisotopic (exact) mass is 335 g/mol. The Morgan fingerprint density at radius 3 is 2.47 bits per heavy atom. The van der Waals surface area contributed by atoms with E-state index in [0.29, 0.717) is 6.54 Å². The summed E-state index contributed by atoms with van der Waals surface area (Å²) >= 11 is 3.35. The van der Waals surface area contributed by atoms with Crippen molar-refractivity contribution >= 4 is 21.8 Å². The molecular formula is C13H16BrF2NO2. The summed E-state index contributed by atoms with van der Waals surface area (Å²) in [5, 5.41) is 3.50. The van der Waals surface area contributed by atoms with Crippen LogP contribution in [0.5, 0.6) is 0 Å². The first-order valence-electron chi connectivity index (χ1n) is 5.88. The summed E-state index contributed by atoms with van der Waals surface area (Å²) in [6.45, 7) is -0.184. The third-order valence-electron chi connectivity index (χ3n) is 2.38. The number of benzene rings is 1. The Kier molecular flexibility index (Phi) is 7.59. The minimum Gasteiger partial charge on any atom is -0.375 e. The topological polar surface area (TPSA) is 38.3 Å². The molecule has 1 aromatic rings. The van der Waals surface area contributed by atoms with Gasteiger partial charge in [0.05, 0.1) is 6.61 Å². The molecule has 0 aliphatic carbocycles. The van der Waals surface area contributed by atoms with Crippen LogP contribution in [0.4, 0.5) is 8.78 Å². The Labute approximate surface area is 119 Å². The predicted octanol–water partition coefficient (Wildman–Crippen LogP) is 2.87. The molecule has 0 bridgehead atoms. The largest absolute Gasteiger partial charge is 0.375 e. The van der Waals surface area contributed by atoms with E-state index in [1.807, 2.05) is 24.3 Å². The van der Waals surface area contributed by atoms with Crippen LogP contribution in [-0.2, 0) is 21.4 Å². The van der Waals surface area contributed by atoms with Crippen LogP contribution in [0.25, 0.3) is 0 Å². The third kappa shape index (κ3) is 7.22. The van der Waals surface area contributed by atoms with Crippen molar-refractivity contribution < 1.29 is 18.3 Å². The Bertz CT molecular complexity index is 385. The smallest absolute Gasteiger partial charge is 0.261 e. The van der Waals surface area contributed by atoms with Gasteiger partial charge in [-0.15, -0.1) is 0 Å². The van der Waals surface area contributed by atoms with Crippen LogP contribution in [-0.4, -0.2) is 25.5 Å². The summed E-state index contributed by atoms with van der Waals surface area (Å²) in [4.78, 5) is 11.4. The van der Waals surface area contributed by atoms with Crippen LogP contribution in [0.15, 0.2) is 24.3 Å². The maximum atomic E-state index is 11.8. The standard InChI is InChI=1S/C13H16BrF2NO2/c14-7-10-1-3-11(4-2-10)8-17-13(18)5-6-19-9-12(15)16/h1-4,12H,5-9H2,(H,17,18). The number of hydrogen-bond donors (Lipinski definition) is 1. The average Bonchev–Trinajstić information content (AvgIpc) is 2.41. The number of rotatable bonds is 8. The summed E-state index contributed by atoms with van der Waals surface area (Å²) < 4.78 is 28.2. The van der Waals surface area contributed by atoms with Gasteiger partial charge < -0.3 is 10.1 Å². The molecule has 0 heterocycles. The fourth-order valence-corrected chi connectivity index (χ4v) is 1.75. The van der Waals surface area contributed by atoms with Crippen molar-refractivity contribution in [2.45, 2.75) is 24.7 Å². The van der Waals surface area contributed by atoms with Crippen LogP contribution in [0.1, 0.15) is 17.5 Å². The second kappa shape index (κ2) is 8.98. The molecule has 0 unspecified atom stereocenters. The zero-order valence-electron chi connectivity index (χ0n) is 10.4. The number of hydrogen-bond acceptors (Lipinski definition) is 2. The van der Waals surface area contributed by atoms with E-state index >= 15 is 0 Å². The van der Waals surface area contributed by atoms with Gasteiger partial charge in [0.15, 0.2) is 0 Å². The van der Waals surface area contributed by atoms with Crippen LogP contribution >= 0.6 is 15.9 Å². The molecular weight excluding hydrogens is 320 g/mol. The maximum Gasteiger partial charge on any atom is 0.261 e. The van der Waals surface area contributed by atoms with Crippen LogP contribution in [0, 0.1) is 0 Å². The molecule has 3 nitrogen and oxygen atoms in total. The van der Waals surface area contributed by atoms with E-state index in [1.54, 1.807) is 0 Å². The van der Waals surface area contributed by atoms with Gasteiger partial charge in [0.2, 0.25) is 5.91 Å². The van der Waals surface area contributed by atoms with E-state index in [9.17, 15) is 13.6 Å². The summed E-state index contributed by atoms with van der Waals surface area (Å²) in [7, 11) is 0. The summed E-state index contributed by atoms with van der Waals surface area (Å²) in [5.41, 5.74) is 2.15. The highest BCUT2D eigenvalue weighted by atomic mass is 79.9. The fourth-order valence-electron chi connectivity index (χ4n) is 1.37. The molecule has 0 aliphatic rings. The van der Waals surface area contributed by atoms with E-state index < -0.39 is 13.0 Å². The Morgan fingerprint density at radius 1 is 1.26 bits per heavy atom. The van der Waals surface area contributed by atoms with Crippen molar-refractivity contribution in [2.75, 3.05) is 13.2 Å². The number of amides is 1. The molecule has 0 aliphatic heterocycles. The van der Waals surface area contributed by atoms with Crippen LogP contribution < -0.4 is 5.32 Å². The molecule has 19 heavy (non-hydrogen) atoms. The lowest BCUT2D eigenvalue weighted by Gasteiger charge is -2.06. The van der Waals surface area contributed by atoms with Gasteiger partial charge in [-0.3, -0.25) is 4.79 Å². The molecule has 1 aromatic carbocycles. The molecule has 106 valence electrons. The van der Waals surface area contributed by atoms with Gasteiger partial charge >= 0.3 is 0 Å². The van der Waals surface area contributed by atoms with E-state index in [0.717, 1.165) is 16.5 Å². The number of nitrogens with one attached hydrogen (secondary N) is 1. The van der Waals surface area contributed by atoms with Gasteiger partial charge in [0.25, 0.3) is 6.43 Å². The fraction of sp³-hybridized carbons (Fsp3) is 0.462. The quantitative estimate of drug-likeness (QED) is 0.586. The molecule has 1 rings (SSSR count). The third-order valence-corrected chi connectivity index (χ3v) is 3.03. The predicted molar refractivity (Wildman–Crippen MR) is 72.4 cm³/mol. The normalized spacial score (nSPS) is 10.7. The van der Waals surface area contributed by atoms with Crippen molar-refractivity contribution in [1.82, 2.24) is 5.32 Å². The van der Waals surface area contributed by atoms with E-state index in [-0.39, 0.29) is 18.9 Å². The molecule has 0 radical (unpaired) electrons. The molecule has 6 heteroatoms. The molecule has 0 fully saturated rings. The number of carbonyl (C=O) groups is 1. The van der Waals surface area contributed by atoms with Gasteiger partial charge in [-0.25, -0.2) is 8.78 Å². The molecule has 0 saturated carbocycles. The van der Waals surface area contributed by atoms with Gasteiger partial charge in [-0.05, 0) is 11.1 Å². The Morgan fingerprint density at radius 2 is 1.89 bits per heavy atom. The summed E-state index contributed by atoms with van der Waals surface area (Å²) in [6.07, 6.45) is -2.40. The SMILES string of the molecule is O=C(CCOCC(F)F)NCc1ccc(CBr)cc1. The average molecular weight is 336 g/mol. The first kappa shape index (κ1) is 16.0. The maximum absolute atomic E-state index is 11.8. The Hall–Kier alpha value is -1.01. The molecule has 0 spiro atoms. The van der Waals surface area contributed by atoms with E-state index in [1.165, 1.54) is 0 Å². The van der Waals surface area contributed by atoms with Crippen molar-refractivity contribution in [2.24, 2.45) is 0 Å². The van der Waals surface area contributed by atoms with Crippen molar-refractivity contribution in [1.29, 1.82) is 0 Å². The molecule has 0 aromatic heterocycles. The highest BCUT2D eigenvalue weighted by Gasteiger charge is 2.04. The van der Waals surface area contributed by atoms with Crippen molar-refractivity contribution in [3.8, 4) is 0 Å². The highest BCUT2D eigenvalue weighted by molar-refractivity contribution is 9.08. The van der Waals surface area contributed by atoms with Gasteiger partial charge in [0, 0.05) is 18.3 Å². The summed E-state index contributed by atoms with van der Waals surface area (Å²) in [5.74, 6) is -0.209. The summed E-state index contributed by atoms with van der Waals surface area (Å²) in [6, 6.07) is 7.82. The minimum atomic E-state index is -2.49. The van der Waals surface area contributed by atoms with Crippen LogP contribution in [0.2, 0.25) is 0 Å². The van der Waals surface area contributed by atoms with E-state index in [4.69, 9.17) is 0 Å². The van der Waals surface area contributed by atoms with Gasteiger partial charge in [0.1, 0.15) is 6.61 Å². The first-order valence-corrected chi connectivity index (χ1v) is 7.00. The second-order valence-electron chi connectivity index (χ2n) is 3.94. The van der Waals surface area contributed by atoms with Crippen molar-refractivity contribution in [3.63, 3.8) is 0 Å². The zero-order valence-corrected chi connectivity index (χ0v) is 12.0. The van der Waals surface area contributed by atoms with Crippen molar-refractivity contribution in [3.05, 3.63) is 35.4 Å². The van der Waals surface area contributed by atoms with Gasteiger partial charge in [-0.2, -0.15) is 0 Å². The zero-order chi connectivity index (χ0) is 14.1. The number of carbonyl (C=O) groups excluding carboxylic acids is 1. The molecule has 0 saturated heterocycles. The second-order valence-corrected chi connectivity index (χ2v) is 4.50. The van der Waals surface area contributed by atoms with E-state index in [2.05, 4.69) is 26.0 Å². The lowest BCUT2D eigenvalue weighted by Crippen LogP contribution is -2.24. The lowest BCUT2D eigenvalue weighted by atomic mass is 10.1. The molecule has 1 amide bonds. The number of halogens is 3. The highest BCUT2D eigenvalue weighted by Crippen LogP contribution is 2.07. The van der Waals surface area contributed by atoms with Crippen LogP contribution in [0.3, 0.4) is 0 Å². The molecule has 0 atom stereocenters. The Balaban J connectivity index is 2.18. The minimum absolute atomic E-state index is 0.0126. The molecule has 1 N–H and O–H groups in total. The number of alkyl halides is 3. The lowest BCUT2D eigenvalue weighted by molar-refractivity contribution is -0.122.